The van der Waals surface area contributed by atoms with Crippen molar-refractivity contribution in [2.45, 2.75) is 6.92 Å². The van der Waals surface area contributed by atoms with Crippen LogP contribution >= 0.6 is 0 Å². The molecule has 0 saturated heterocycles. The zero-order valence-electron chi connectivity index (χ0n) is 7.47. The molecule has 0 amide bonds. The Morgan fingerprint density at radius 3 is 2.93 bits per heavy atom. The summed E-state index contributed by atoms with van der Waals surface area (Å²) in [6, 6.07) is 5.17. The van der Waals surface area contributed by atoms with E-state index >= 15 is 0 Å². The molecule has 0 atom stereocenters. The fourth-order valence-electron chi connectivity index (χ4n) is 1.45. The Balaban J connectivity index is 2.91. The van der Waals surface area contributed by atoms with Crippen LogP contribution in [-0.2, 0) is 0 Å². The summed E-state index contributed by atoms with van der Waals surface area (Å²) in [5.74, 6) is -0.0593. The van der Waals surface area contributed by atoms with Crippen molar-refractivity contribution in [3.05, 3.63) is 34.0 Å². The quantitative estimate of drug-likeness (QED) is 0.542. The molecule has 0 fully saturated rings. The topological polar surface area (TPSA) is 86.5 Å². The van der Waals surface area contributed by atoms with Gasteiger partial charge < -0.3 is 15.8 Å². The van der Waals surface area contributed by atoms with Gasteiger partial charge in [-0.25, -0.2) is 0 Å². The first kappa shape index (κ1) is 8.49. The monoisotopic (exact) mass is 192 g/mol. The van der Waals surface area contributed by atoms with Crippen molar-refractivity contribution >= 4 is 17.3 Å². The molecule has 0 aliphatic heterocycles. The Bertz CT molecular complexity index is 517. The molecule has 14 heavy (non-hydrogen) atoms. The Morgan fingerprint density at radius 1 is 1.57 bits per heavy atom. The van der Waals surface area contributed by atoms with Crippen molar-refractivity contribution < 1.29 is 4.92 Å². The lowest BCUT2D eigenvalue weighted by Gasteiger charge is -1.97. The predicted octanol–water partition coefficient (Wildman–Crippen LogP) is 1.13. The lowest BCUT2D eigenvalue weighted by atomic mass is 10.3. The van der Waals surface area contributed by atoms with Crippen molar-refractivity contribution in [3.8, 4) is 0 Å². The van der Waals surface area contributed by atoms with Gasteiger partial charge in [-0.2, -0.15) is 0 Å². The molecule has 0 unspecified atom stereocenters. The van der Waals surface area contributed by atoms with Gasteiger partial charge in [-0.15, -0.1) is 0 Å². The van der Waals surface area contributed by atoms with E-state index in [4.69, 9.17) is 5.73 Å². The minimum absolute atomic E-state index is 0.143. The largest absolute Gasteiger partial charge is 0.391 e. The van der Waals surface area contributed by atoms with E-state index in [1.54, 1.807) is 16.5 Å². The van der Waals surface area contributed by atoms with Gasteiger partial charge in [0.2, 0.25) is 0 Å². The average Bonchev–Trinajstić information content (AvgIpc) is 2.45. The third-order valence-corrected chi connectivity index (χ3v) is 2.04. The third-order valence-electron chi connectivity index (χ3n) is 2.04. The number of rotatable bonds is 1. The molecular formula is C8H8N4O2. The van der Waals surface area contributed by atoms with Crippen LogP contribution < -0.4 is 5.73 Å². The first-order valence-electron chi connectivity index (χ1n) is 3.99. The number of fused-ring (bicyclic) bond motifs is 1. The van der Waals surface area contributed by atoms with Crippen LogP contribution in [0.2, 0.25) is 0 Å². The molecule has 0 aliphatic rings. The average molecular weight is 192 g/mol. The van der Waals surface area contributed by atoms with E-state index in [1.165, 1.54) is 0 Å². The number of hydrogen-bond acceptors (Lipinski definition) is 4. The molecule has 0 aromatic carbocycles. The number of aryl methyl sites for hydroxylation is 1. The van der Waals surface area contributed by atoms with E-state index in [-0.39, 0.29) is 11.8 Å². The lowest BCUT2D eigenvalue weighted by Crippen LogP contribution is -1.96. The van der Waals surface area contributed by atoms with Gasteiger partial charge in [-0.3, -0.25) is 4.40 Å². The summed E-state index contributed by atoms with van der Waals surface area (Å²) in [5.41, 5.74) is 6.81. The molecule has 6 heteroatoms. The number of imidazole rings is 1. The van der Waals surface area contributed by atoms with Gasteiger partial charge in [-0.05, 0) is 24.0 Å². The van der Waals surface area contributed by atoms with Crippen LogP contribution in [0.4, 0.5) is 11.8 Å². The molecule has 2 N–H and O–H groups in total. The van der Waals surface area contributed by atoms with E-state index < -0.39 is 4.92 Å². The van der Waals surface area contributed by atoms with Gasteiger partial charge in [0.25, 0.3) is 0 Å². The van der Waals surface area contributed by atoms with Crippen LogP contribution in [0, 0.1) is 17.0 Å². The number of nitro groups is 1. The molecule has 2 aromatic heterocycles. The molecule has 6 nitrogen and oxygen atoms in total. The van der Waals surface area contributed by atoms with E-state index in [9.17, 15) is 10.1 Å². The van der Waals surface area contributed by atoms with Crippen LogP contribution in [0.5, 0.6) is 0 Å². The van der Waals surface area contributed by atoms with E-state index in [2.05, 4.69) is 4.98 Å². The third kappa shape index (κ3) is 1.00. The number of aromatic nitrogens is 2. The molecule has 72 valence electrons. The number of nitrogens with two attached hydrogens (primary N) is 1. The number of nitrogen functional groups attached to an aromatic ring is 1. The molecule has 2 rings (SSSR count). The number of hydrogen-bond donors (Lipinski definition) is 1. The highest BCUT2D eigenvalue weighted by atomic mass is 16.6. The molecule has 0 bridgehead atoms. The summed E-state index contributed by atoms with van der Waals surface area (Å²) < 4.78 is 1.55. The summed E-state index contributed by atoms with van der Waals surface area (Å²) in [6.07, 6.45) is 0. The van der Waals surface area contributed by atoms with Crippen molar-refractivity contribution in [2.75, 3.05) is 5.73 Å². The maximum atomic E-state index is 10.6. The van der Waals surface area contributed by atoms with Crippen molar-refractivity contribution in [1.82, 2.24) is 9.38 Å². The second kappa shape index (κ2) is 2.69. The fraction of sp³-hybridized carbons (Fsp3) is 0.125. The van der Waals surface area contributed by atoms with Gasteiger partial charge in [0, 0.05) is 10.7 Å². The van der Waals surface area contributed by atoms with Crippen LogP contribution in [0.3, 0.4) is 0 Å². The Kier molecular flexibility index (Phi) is 1.63. The predicted molar refractivity (Wildman–Crippen MR) is 51.0 cm³/mol. The summed E-state index contributed by atoms with van der Waals surface area (Å²) in [4.78, 5) is 13.8. The first-order chi connectivity index (χ1) is 6.61. The van der Waals surface area contributed by atoms with Gasteiger partial charge >= 0.3 is 11.8 Å². The molecular weight excluding hydrogens is 184 g/mol. The Labute approximate surface area is 79.1 Å². The van der Waals surface area contributed by atoms with Crippen LogP contribution in [0.15, 0.2) is 18.2 Å². The van der Waals surface area contributed by atoms with Crippen LogP contribution in [0.25, 0.3) is 5.52 Å². The van der Waals surface area contributed by atoms with E-state index in [0.717, 1.165) is 5.69 Å². The Morgan fingerprint density at radius 2 is 2.29 bits per heavy atom. The molecule has 0 aliphatic carbocycles. The minimum Gasteiger partial charge on any atom is -0.358 e. The summed E-state index contributed by atoms with van der Waals surface area (Å²) in [5, 5.41) is 10.6. The fourth-order valence-corrected chi connectivity index (χ4v) is 1.45. The molecule has 0 spiro atoms. The molecule has 0 saturated carbocycles. The van der Waals surface area contributed by atoms with Crippen LogP contribution in [-0.4, -0.2) is 14.3 Å². The summed E-state index contributed by atoms with van der Waals surface area (Å²) in [6.45, 7) is 1.81. The number of anilines is 1. The minimum atomic E-state index is -0.537. The maximum Gasteiger partial charge on any atom is 0.391 e. The summed E-state index contributed by atoms with van der Waals surface area (Å²) >= 11 is 0. The smallest absolute Gasteiger partial charge is 0.358 e. The van der Waals surface area contributed by atoms with E-state index in [0.29, 0.717) is 5.52 Å². The van der Waals surface area contributed by atoms with Gasteiger partial charge in [0.05, 0.1) is 0 Å². The highest BCUT2D eigenvalue weighted by Crippen LogP contribution is 2.22. The van der Waals surface area contributed by atoms with Crippen molar-refractivity contribution in [1.29, 1.82) is 0 Å². The number of nitrogens with zero attached hydrogens (tertiary/aromatic N) is 3. The zero-order valence-corrected chi connectivity index (χ0v) is 7.47. The molecule has 2 aromatic rings. The maximum absolute atomic E-state index is 10.6. The van der Waals surface area contributed by atoms with Gasteiger partial charge in [0.1, 0.15) is 5.52 Å². The molecule has 2 heterocycles. The standard InChI is InChI=1S/C8H8N4O2/c1-5-3-2-4-6-7(12(13)14)10-8(9)11(5)6/h2-4H,1H3,(H2,9,10). The second-order valence-corrected chi connectivity index (χ2v) is 2.94. The summed E-state index contributed by atoms with van der Waals surface area (Å²) in [7, 11) is 0. The van der Waals surface area contributed by atoms with Gasteiger partial charge in [-0.1, -0.05) is 6.07 Å². The SMILES string of the molecule is Cc1cccc2c([N+](=O)[O-])nc(N)n12. The Hall–Kier alpha value is -2.11. The zero-order chi connectivity index (χ0) is 10.3. The normalized spacial score (nSPS) is 10.6. The molecule has 0 radical (unpaired) electrons. The number of pyridine rings is 1. The van der Waals surface area contributed by atoms with Crippen molar-refractivity contribution in [2.24, 2.45) is 0 Å². The van der Waals surface area contributed by atoms with E-state index in [1.807, 2.05) is 13.0 Å². The van der Waals surface area contributed by atoms with Gasteiger partial charge in [0.15, 0.2) is 0 Å². The second-order valence-electron chi connectivity index (χ2n) is 2.94. The lowest BCUT2D eigenvalue weighted by molar-refractivity contribution is -0.387. The highest BCUT2D eigenvalue weighted by Gasteiger charge is 2.20. The highest BCUT2D eigenvalue weighted by molar-refractivity contribution is 5.66. The first-order valence-corrected chi connectivity index (χ1v) is 3.99. The van der Waals surface area contributed by atoms with Crippen molar-refractivity contribution in [3.63, 3.8) is 0 Å². The van der Waals surface area contributed by atoms with Crippen LogP contribution in [0.1, 0.15) is 5.69 Å².